The van der Waals surface area contributed by atoms with Crippen molar-refractivity contribution in [2.45, 2.75) is 74.2 Å². The average Bonchev–Trinajstić information content (AvgIpc) is 3.20. The maximum atomic E-state index is 13.7. The fourth-order valence-electron chi connectivity index (χ4n) is 7.97. The van der Waals surface area contributed by atoms with Crippen LogP contribution in [0.2, 0.25) is 5.02 Å². The number of piperazine rings is 1. The average molecular weight is 880 g/mol. The number of ether oxygens (including phenoxy) is 1. The van der Waals surface area contributed by atoms with Crippen LogP contribution in [0, 0.1) is 5.41 Å². The molecule has 17 heteroatoms. The van der Waals surface area contributed by atoms with Crippen LogP contribution in [-0.2, 0) is 24.6 Å². The molecule has 6 rings (SSSR count). The van der Waals surface area contributed by atoms with Gasteiger partial charge in [-0.3, -0.25) is 14.6 Å². The van der Waals surface area contributed by atoms with Gasteiger partial charge in [-0.2, -0.15) is 13.2 Å². The van der Waals surface area contributed by atoms with Gasteiger partial charge >= 0.3 is 5.51 Å². The highest BCUT2D eigenvalue weighted by atomic mass is 35.5. The van der Waals surface area contributed by atoms with Crippen molar-refractivity contribution in [3.8, 4) is 0 Å². The molecule has 0 radical (unpaired) electrons. The van der Waals surface area contributed by atoms with E-state index in [4.69, 9.17) is 16.3 Å². The number of morpholine rings is 1. The third-order valence-electron chi connectivity index (χ3n) is 11.5. The predicted octanol–water partition coefficient (Wildman–Crippen LogP) is 7.45. The summed E-state index contributed by atoms with van der Waals surface area (Å²) in [5.41, 5.74) is -0.891. The molecule has 3 aromatic carbocycles. The van der Waals surface area contributed by atoms with Crippen molar-refractivity contribution in [3.63, 3.8) is 0 Å². The molecule has 1 aliphatic carbocycles. The Bertz CT molecular complexity index is 2210. The zero-order chi connectivity index (χ0) is 42.6. The van der Waals surface area contributed by atoms with Gasteiger partial charge in [-0.15, -0.1) is 0 Å². The second-order valence-corrected chi connectivity index (χ2v) is 20.3. The molecular weight excluding hydrogens is 827 g/mol. The predicted molar refractivity (Wildman–Crippen MR) is 225 cm³/mol. The van der Waals surface area contributed by atoms with E-state index in [1.54, 1.807) is 19.1 Å². The Kier molecular flexibility index (Phi) is 14.1. The largest absolute Gasteiger partial charge is 0.501 e. The molecule has 0 saturated carbocycles. The number of sulfone groups is 1. The number of benzene rings is 3. The summed E-state index contributed by atoms with van der Waals surface area (Å²) in [4.78, 5) is 18.4. The maximum absolute atomic E-state index is 13.7. The van der Waals surface area contributed by atoms with Gasteiger partial charge in [0.1, 0.15) is 0 Å². The molecular formula is C42H53ClF3N5O6S2. The molecule has 322 valence electrons. The number of anilines is 2. The van der Waals surface area contributed by atoms with Gasteiger partial charge in [-0.1, -0.05) is 50.1 Å². The molecule has 59 heavy (non-hydrogen) atoms. The van der Waals surface area contributed by atoms with Crippen molar-refractivity contribution in [1.29, 1.82) is 0 Å². The number of rotatable bonds is 14. The number of carbonyl (C=O) groups is 1. The van der Waals surface area contributed by atoms with Gasteiger partial charge in [0.25, 0.3) is 25.8 Å². The number of amides is 1. The first-order valence-electron chi connectivity index (χ1n) is 20.0. The molecule has 1 atom stereocenters. The summed E-state index contributed by atoms with van der Waals surface area (Å²) in [5, 5.41) is 3.58. The van der Waals surface area contributed by atoms with Crippen LogP contribution in [-0.4, -0.2) is 110 Å². The van der Waals surface area contributed by atoms with Crippen LogP contribution in [0.25, 0.3) is 5.57 Å². The molecule has 3 aliphatic rings. The number of nitrogens with one attached hydrogen (secondary N) is 2. The molecule has 0 bridgehead atoms. The van der Waals surface area contributed by atoms with Crippen molar-refractivity contribution < 1.29 is 39.5 Å². The molecule has 11 nitrogen and oxygen atoms in total. The third kappa shape index (κ3) is 11.2. The number of nitrogens with zero attached hydrogens (tertiary/aromatic N) is 3. The lowest BCUT2D eigenvalue weighted by atomic mass is 9.73. The van der Waals surface area contributed by atoms with Crippen LogP contribution in [0.1, 0.15) is 68.8 Å². The summed E-state index contributed by atoms with van der Waals surface area (Å²) in [6.45, 7) is 13.6. The zero-order valence-corrected chi connectivity index (χ0v) is 36.0. The van der Waals surface area contributed by atoms with E-state index in [0.29, 0.717) is 51.8 Å². The number of alkyl halides is 3. The van der Waals surface area contributed by atoms with Crippen LogP contribution in [0.3, 0.4) is 0 Å². The quantitative estimate of drug-likeness (QED) is 0.169. The Balaban J connectivity index is 1.11. The van der Waals surface area contributed by atoms with Crippen LogP contribution in [0.15, 0.2) is 82.1 Å². The van der Waals surface area contributed by atoms with Crippen LogP contribution in [0.4, 0.5) is 24.5 Å². The van der Waals surface area contributed by atoms with Crippen molar-refractivity contribution in [1.82, 2.24) is 14.5 Å². The number of hydrogen-bond donors (Lipinski definition) is 2. The molecule has 2 aliphatic heterocycles. The second kappa shape index (κ2) is 18.5. The molecule has 2 fully saturated rings. The van der Waals surface area contributed by atoms with E-state index in [1.165, 1.54) is 28.8 Å². The highest BCUT2D eigenvalue weighted by Crippen LogP contribution is 2.43. The zero-order valence-electron chi connectivity index (χ0n) is 33.7. The van der Waals surface area contributed by atoms with E-state index in [9.17, 15) is 34.8 Å². The van der Waals surface area contributed by atoms with Gasteiger partial charge in [0.15, 0.2) is 0 Å². The Morgan fingerprint density at radius 3 is 2.19 bits per heavy atom. The number of carbonyl (C=O) groups excluding carboxylic acids is 1. The van der Waals surface area contributed by atoms with Gasteiger partial charge < -0.3 is 15.0 Å². The molecule has 1 amide bonds. The van der Waals surface area contributed by atoms with Gasteiger partial charge in [-0.25, -0.2) is 21.6 Å². The molecule has 2 saturated heterocycles. The fourth-order valence-corrected chi connectivity index (χ4v) is 10.0. The summed E-state index contributed by atoms with van der Waals surface area (Å²) in [5.74, 6) is -0.944. The van der Waals surface area contributed by atoms with E-state index in [0.717, 1.165) is 74.8 Å². The van der Waals surface area contributed by atoms with E-state index >= 15 is 0 Å². The smallest absolute Gasteiger partial charge is 0.381 e. The maximum Gasteiger partial charge on any atom is 0.501 e. The summed E-state index contributed by atoms with van der Waals surface area (Å²) >= 11 is 6.18. The molecule has 0 spiro atoms. The van der Waals surface area contributed by atoms with Crippen molar-refractivity contribution in [3.05, 3.63) is 88.5 Å². The fraction of sp³-hybridized carbons (Fsp3) is 0.500. The van der Waals surface area contributed by atoms with Crippen LogP contribution >= 0.6 is 11.6 Å². The first-order chi connectivity index (χ1) is 27.8. The number of halogens is 4. The van der Waals surface area contributed by atoms with Crippen molar-refractivity contribution >= 4 is 54.3 Å². The van der Waals surface area contributed by atoms with Crippen molar-refractivity contribution in [2.24, 2.45) is 5.41 Å². The van der Waals surface area contributed by atoms with Gasteiger partial charge in [-0.05, 0) is 103 Å². The van der Waals surface area contributed by atoms with Crippen LogP contribution in [0.5, 0.6) is 0 Å². The van der Waals surface area contributed by atoms with Crippen LogP contribution < -0.4 is 14.9 Å². The SMILES string of the molecule is CC[C@@H](CCN1CCOCC1)Nc1cc(S(=O)(=O)NC(=O)c2ccc(N3CCN(CC4=C(c5ccc(Cl)cc5)CCC(C)(C)C4)CC3)cc2)ccc1S(=O)(=O)C(F)(F)F. The van der Waals surface area contributed by atoms with E-state index in [1.807, 2.05) is 16.9 Å². The van der Waals surface area contributed by atoms with E-state index in [-0.39, 0.29) is 11.0 Å². The highest BCUT2D eigenvalue weighted by Gasteiger charge is 2.48. The summed E-state index contributed by atoms with van der Waals surface area (Å²) in [7, 11) is -10.5. The van der Waals surface area contributed by atoms with Crippen molar-refractivity contribution in [2.75, 3.05) is 75.8 Å². The number of hydrogen-bond acceptors (Lipinski definition) is 10. The van der Waals surface area contributed by atoms with Gasteiger partial charge in [0.05, 0.1) is 28.7 Å². The summed E-state index contributed by atoms with van der Waals surface area (Å²) < 4.78 is 101. The lowest BCUT2D eigenvalue weighted by Gasteiger charge is -2.39. The van der Waals surface area contributed by atoms with E-state index < -0.39 is 52.8 Å². The standard InChI is InChI=1S/C42H53ClF3N5O6S2/c1-4-34(16-18-49-23-25-57-26-24-49)47-38-27-36(13-14-39(38)58(53,54)42(44,45)46)59(55,56)48-40(52)31-7-11-35(12-8-31)51-21-19-50(20-22-51)29-32-28-41(2,3)17-15-37(32)30-5-9-33(43)10-6-30/h5-14,27,34,47H,4,15-26,28-29H2,1-3H3,(H,48,52)/t34-/m0/s1. The summed E-state index contributed by atoms with van der Waals surface area (Å²) in [6, 6.07) is 16.3. The Hall–Kier alpha value is -3.67. The molecule has 0 unspecified atom stereocenters. The molecule has 2 heterocycles. The first kappa shape index (κ1) is 44.9. The Morgan fingerprint density at radius 1 is 0.898 bits per heavy atom. The molecule has 0 aromatic heterocycles. The highest BCUT2D eigenvalue weighted by molar-refractivity contribution is 7.92. The normalized spacial score (nSPS) is 19.1. The lowest BCUT2D eigenvalue weighted by molar-refractivity contribution is -0.0435. The Morgan fingerprint density at radius 2 is 1.56 bits per heavy atom. The Labute approximate surface area is 350 Å². The number of allylic oxidation sites excluding steroid dienone is 1. The van der Waals surface area contributed by atoms with Gasteiger partial charge in [0, 0.05) is 74.7 Å². The topological polar surface area (TPSA) is 128 Å². The third-order valence-corrected chi connectivity index (χ3v) is 14.6. The number of sulfonamides is 1. The minimum absolute atomic E-state index is 0.0568. The summed E-state index contributed by atoms with van der Waals surface area (Å²) in [6.07, 6.45) is 4.05. The molecule has 2 N–H and O–H groups in total. The minimum Gasteiger partial charge on any atom is -0.381 e. The second-order valence-electron chi connectivity index (χ2n) is 16.3. The monoisotopic (exact) mass is 879 g/mol. The minimum atomic E-state index is -5.85. The molecule has 3 aromatic rings. The first-order valence-corrected chi connectivity index (χ1v) is 23.3. The van der Waals surface area contributed by atoms with E-state index in [2.05, 4.69) is 46.0 Å². The lowest BCUT2D eigenvalue weighted by Crippen LogP contribution is -2.47. The van der Waals surface area contributed by atoms with Gasteiger partial charge in [0.2, 0.25) is 0 Å².